The van der Waals surface area contributed by atoms with Crippen LogP contribution in [0.3, 0.4) is 0 Å². The molecule has 0 saturated carbocycles. The van der Waals surface area contributed by atoms with Crippen LogP contribution in [0.25, 0.3) is 0 Å². The normalized spacial score (nSPS) is 19.4. The van der Waals surface area contributed by atoms with Gasteiger partial charge in [-0.25, -0.2) is 9.97 Å². The Hall–Kier alpha value is -1.32. The number of hydrogen-bond donors (Lipinski definition) is 1. The van der Waals surface area contributed by atoms with Crippen LogP contribution in [0.1, 0.15) is 38.7 Å². The molecule has 100 valence electrons. The van der Waals surface area contributed by atoms with Gasteiger partial charge in [0.2, 0.25) is 0 Å². The molecule has 18 heavy (non-hydrogen) atoms. The third-order valence-corrected chi connectivity index (χ3v) is 3.93. The third kappa shape index (κ3) is 2.74. The molecule has 1 fully saturated rings. The zero-order chi connectivity index (χ0) is 13.2. The quantitative estimate of drug-likeness (QED) is 0.873. The van der Waals surface area contributed by atoms with Crippen molar-refractivity contribution in [2.45, 2.75) is 40.0 Å². The second-order valence-corrected chi connectivity index (χ2v) is 5.93. The van der Waals surface area contributed by atoms with Crippen molar-refractivity contribution in [2.24, 2.45) is 5.41 Å². The standard InChI is InChI=1S/C14H24N4/c1-11-12(15-4)16-10-17-13(11)18-8-5-6-14(2,3)7-9-18/h10H,5-9H2,1-4H3,(H,15,16,17). The van der Waals surface area contributed by atoms with Crippen molar-refractivity contribution in [1.82, 2.24) is 9.97 Å². The fraction of sp³-hybridized carbons (Fsp3) is 0.714. The first-order chi connectivity index (χ1) is 8.53. The molecule has 0 unspecified atom stereocenters. The van der Waals surface area contributed by atoms with Crippen LogP contribution in [0, 0.1) is 12.3 Å². The van der Waals surface area contributed by atoms with Crippen molar-refractivity contribution < 1.29 is 0 Å². The minimum Gasteiger partial charge on any atom is -0.373 e. The van der Waals surface area contributed by atoms with E-state index in [0.29, 0.717) is 5.41 Å². The molecule has 0 radical (unpaired) electrons. The Balaban J connectivity index is 2.21. The fourth-order valence-corrected chi connectivity index (χ4v) is 2.65. The van der Waals surface area contributed by atoms with Gasteiger partial charge < -0.3 is 10.2 Å². The van der Waals surface area contributed by atoms with Crippen LogP contribution in [0.4, 0.5) is 11.6 Å². The lowest BCUT2D eigenvalue weighted by Crippen LogP contribution is -2.27. The lowest BCUT2D eigenvalue weighted by Gasteiger charge is -2.25. The predicted octanol–water partition coefficient (Wildman–Crippen LogP) is 2.84. The Morgan fingerprint density at radius 1 is 1.22 bits per heavy atom. The molecule has 0 amide bonds. The summed E-state index contributed by atoms with van der Waals surface area (Å²) in [6.45, 7) is 9.01. The van der Waals surface area contributed by atoms with Crippen LogP contribution >= 0.6 is 0 Å². The number of anilines is 2. The summed E-state index contributed by atoms with van der Waals surface area (Å²) in [5.74, 6) is 2.02. The summed E-state index contributed by atoms with van der Waals surface area (Å²) in [7, 11) is 1.91. The summed E-state index contributed by atoms with van der Waals surface area (Å²) in [6, 6.07) is 0. The van der Waals surface area contributed by atoms with Gasteiger partial charge in [0.05, 0.1) is 0 Å². The molecule has 4 heteroatoms. The van der Waals surface area contributed by atoms with Gasteiger partial charge in [-0.1, -0.05) is 13.8 Å². The second-order valence-electron chi connectivity index (χ2n) is 5.93. The average Bonchev–Trinajstić information content (AvgIpc) is 2.51. The van der Waals surface area contributed by atoms with Crippen molar-refractivity contribution in [1.29, 1.82) is 0 Å². The summed E-state index contributed by atoms with van der Waals surface area (Å²) in [6.07, 6.45) is 5.42. The number of nitrogens with zero attached hydrogens (tertiary/aromatic N) is 3. The maximum atomic E-state index is 4.47. The Bertz CT molecular complexity index is 414. The van der Waals surface area contributed by atoms with Gasteiger partial charge in [0.25, 0.3) is 0 Å². The highest BCUT2D eigenvalue weighted by atomic mass is 15.2. The molecule has 1 N–H and O–H groups in total. The third-order valence-electron chi connectivity index (χ3n) is 3.93. The molecule has 0 bridgehead atoms. The van der Waals surface area contributed by atoms with Gasteiger partial charge in [0.1, 0.15) is 18.0 Å². The Labute approximate surface area is 110 Å². The molecule has 2 rings (SSSR count). The van der Waals surface area contributed by atoms with E-state index in [1.54, 1.807) is 6.33 Å². The van der Waals surface area contributed by atoms with Crippen molar-refractivity contribution in [3.63, 3.8) is 0 Å². The number of aromatic nitrogens is 2. The van der Waals surface area contributed by atoms with Crippen LogP contribution in [-0.4, -0.2) is 30.1 Å². The maximum Gasteiger partial charge on any atom is 0.137 e. The monoisotopic (exact) mass is 248 g/mol. The maximum absolute atomic E-state index is 4.47. The molecule has 4 nitrogen and oxygen atoms in total. The smallest absolute Gasteiger partial charge is 0.137 e. The van der Waals surface area contributed by atoms with Crippen LogP contribution in [-0.2, 0) is 0 Å². The van der Waals surface area contributed by atoms with E-state index in [1.165, 1.54) is 19.3 Å². The summed E-state index contributed by atoms with van der Waals surface area (Å²) in [5, 5.41) is 3.13. The lowest BCUT2D eigenvalue weighted by molar-refractivity contribution is 0.325. The zero-order valence-electron chi connectivity index (χ0n) is 12.0. The number of nitrogens with one attached hydrogen (secondary N) is 1. The van der Waals surface area contributed by atoms with Crippen LogP contribution in [0.15, 0.2) is 6.33 Å². The molecule has 1 aliphatic heterocycles. The van der Waals surface area contributed by atoms with E-state index in [9.17, 15) is 0 Å². The van der Waals surface area contributed by atoms with E-state index in [4.69, 9.17) is 0 Å². The SMILES string of the molecule is CNc1ncnc(N2CCCC(C)(C)CC2)c1C. The Kier molecular flexibility index (Phi) is 3.73. The lowest BCUT2D eigenvalue weighted by atomic mass is 9.85. The van der Waals surface area contributed by atoms with Crippen molar-refractivity contribution >= 4 is 11.6 Å². The van der Waals surface area contributed by atoms with E-state index < -0.39 is 0 Å². The van der Waals surface area contributed by atoms with Crippen molar-refractivity contribution in [3.05, 3.63) is 11.9 Å². The van der Waals surface area contributed by atoms with Crippen LogP contribution < -0.4 is 10.2 Å². The zero-order valence-corrected chi connectivity index (χ0v) is 12.0. The summed E-state index contributed by atoms with van der Waals surface area (Å²) >= 11 is 0. The highest BCUT2D eigenvalue weighted by molar-refractivity contribution is 5.57. The molecule has 1 aromatic heterocycles. The van der Waals surface area contributed by atoms with Crippen molar-refractivity contribution in [3.8, 4) is 0 Å². The van der Waals surface area contributed by atoms with E-state index in [2.05, 4.69) is 41.0 Å². The molecular formula is C14H24N4. The largest absolute Gasteiger partial charge is 0.373 e. The fourth-order valence-electron chi connectivity index (χ4n) is 2.65. The first-order valence-corrected chi connectivity index (χ1v) is 6.78. The predicted molar refractivity (Wildman–Crippen MR) is 76.2 cm³/mol. The van der Waals surface area contributed by atoms with Crippen LogP contribution in [0.2, 0.25) is 0 Å². The first kappa shape index (κ1) is 13.1. The first-order valence-electron chi connectivity index (χ1n) is 6.78. The Morgan fingerprint density at radius 2 is 2.00 bits per heavy atom. The average molecular weight is 248 g/mol. The van der Waals surface area contributed by atoms with E-state index in [-0.39, 0.29) is 0 Å². The number of rotatable bonds is 2. The van der Waals surface area contributed by atoms with Crippen molar-refractivity contribution in [2.75, 3.05) is 30.4 Å². The summed E-state index contributed by atoms with van der Waals surface area (Å²) in [4.78, 5) is 11.1. The van der Waals surface area contributed by atoms with E-state index >= 15 is 0 Å². The van der Waals surface area contributed by atoms with E-state index in [0.717, 1.165) is 30.3 Å². The second kappa shape index (κ2) is 5.12. The van der Waals surface area contributed by atoms with Gasteiger partial charge in [0, 0.05) is 25.7 Å². The topological polar surface area (TPSA) is 41.1 Å². The minimum atomic E-state index is 0.460. The molecular weight excluding hydrogens is 224 g/mol. The van der Waals surface area contributed by atoms with Gasteiger partial charge >= 0.3 is 0 Å². The molecule has 0 aromatic carbocycles. The van der Waals surface area contributed by atoms with Gasteiger partial charge in [0.15, 0.2) is 0 Å². The molecule has 1 aliphatic rings. The summed E-state index contributed by atoms with van der Waals surface area (Å²) < 4.78 is 0. The molecule has 1 aromatic rings. The van der Waals surface area contributed by atoms with Gasteiger partial charge in [-0.05, 0) is 31.6 Å². The summed E-state index contributed by atoms with van der Waals surface area (Å²) in [5.41, 5.74) is 1.61. The molecule has 1 saturated heterocycles. The molecule has 2 heterocycles. The minimum absolute atomic E-state index is 0.460. The van der Waals surface area contributed by atoms with Gasteiger partial charge in [-0.2, -0.15) is 0 Å². The van der Waals surface area contributed by atoms with Gasteiger partial charge in [-0.15, -0.1) is 0 Å². The van der Waals surface area contributed by atoms with Gasteiger partial charge in [-0.3, -0.25) is 0 Å². The van der Waals surface area contributed by atoms with E-state index in [1.807, 2.05) is 7.05 Å². The number of hydrogen-bond acceptors (Lipinski definition) is 4. The Morgan fingerprint density at radius 3 is 2.72 bits per heavy atom. The molecule has 0 aliphatic carbocycles. The van der Waals surface area contributed by atoms with Crippen LogP contribution in [0.5, 0.6) is 0 Å². The highest BCUT2D eigenvalue weighted by Crippen LogP contribution is 2.32. The molecule has 0 spiro atoms. The molecule has 0 atom stereocenters. The highest BCUT2D eigenvalue weighted by Gasteiger charge is 2.24.